The quantitative estimate of drug-likeness (QED) is 0.712. The second-order valence-corrected chi connectivity index (χ2v) is 6.59. The first-order valence-electron chi connectivity index (χ1n) is 8.97. The molecular formula is C23H22N2O. The van der Waals surface area contributed by atoms with Gasteiger partial charge in [0.25, 0.3) is 0 Å². The lowest BCUT2D eigenvalue weighted by molar-refractivity contribution is 0.185. The largest absolute Gasteiger partial charge is 0.388 e. The van der Waals surface area contributed by atoms with Gasteiger partial charge in [0.15, 0.2) is 0 Å². The minimum atomic E-state index is -0.562. The first kappa shape index (κ1) is 16.6. The highest BCUT2D eigenvalue weighted by molar-refractivity contribution is 5.85. The number of nitrogens with zero attached hydrogens (tertiary/aromatic N) is 1. The standard InChI is InChI=1S/C23H22N2O/c26-20(17-10-4-1-5-11-17)16-21-24-22(18-12-6-2-7-13-18)23(25-21)19-14-8-3-9-15-19/h1-15,20,22-23,26H,16H2,(H,24,25)/t20?,22-,23+. The minimum Gasteiger partial charge on any atom is -0.388 e. The molecule has 0 saturated heterocycles. The van der Waals surface area contributed by atoms with E-state index in [2.05, 4.69) is 41.7 Å². The lowest BCUT2D eigenvalue weighted by Crippen LogP contribution is -2.25. The zero-order valence-electron chi connectivity index (χ0n) is 14.5. The van der Waals surface area contributed by atoms with Crippen LogP contribution >= 0.6 is 0 Å². The van der Waals surface area contributed by atoms with E-state index in [-0.39, 0.29) is 12.1 Å². The number of nitrogens with one attached hydrogen (secondary N) is 1. The van der Waals surface area contributed by atoms with Crippen molar-refractivity contribution in [1.29, 1.82) is 0 Å². The molecule has 4 rings (SSSR count). The van der Waals surface area contributed by atoms with Crippen LogP contribution in [0.4, 0.5) is 0 Å². The molecule has 130 valence electrons. The summed E-state index contributed by atoms with van der Waals surface area (Å²) in [6.45, 7) is 0. The van der Waals surface area contributed by atoms with Crippen molar-refractivity contribution in [3.05, 3.63) is 108 Å². The van der Waals surface area contributed by atoms with Gasteiger partial charge in [-0.3, -0.25) is 4.99 Å². The normalized spacial score (nSPS) is 20.3. The van der Waals surface area contributed by atoms with Crippen LogP contribution in [-0.2, 0) is 0 Å². The summed E-state index contributed by atoms with van der Waals surface area (Å²) in [6.07, 6.45) is -0.0789. The lowest BCUT2D eigenvalue weighted by atomic mass is 9.95. The Bertz CT molecular complexity index is 862. The van der Waals surface area contributed by atoms with Crippen molar-refractivity contribution in [2.24, 2.45) is 4.99 Å². The number of hydrogen-bond donors (Lipinski definition) is 2. The van der Waals surface area contributed by atoms with Crippen LogP contribution in [0.5, 0.6) is 0 Å². The van der Waals surface area contributed by atoms with Gasteiger partial charge in [-0.25, -0.2) is 0 Å². The van der Waals surface area contributed by atoms with Gasteiger partial charge < -0.3 is 10.4 Å². The van der Waals surface area contributed by atoms with Gasteiger partial charge in [-0.05, 0) is 16.7 Å². The average Bonchev–Trinajstić information content (AvgIpc) is 3.14. The Kier molecular flexibility index (Phi) is 4.80. The molecule has 0 radical (unpaired) electrons. The highest BCUT2D eigenvalue weighted by Gasteiger charge is 2.31. The second-order valence-electron chi connectivity index (χ2n) is 6.59. The summed E-state index contributed by atoms with van der Waals surface area (Å²) >= 11 is 0. The Morgan fingerprint density at radius 1 is 0.769 bits per heavy atom. The van der Waals surface area contributed by atoms with Crippen molar-refractivity contribution in [3.8, 4) is 0 Å². The molecular weight excluding hydrogens is 320 g/mol. The molecule has 3 aromatic carbocycles. The van der Waals surface area contributed by atoms with Crippen LogP contribution in [0.25, 0.3) is 0 Å². The van der Waals surface area contributed by atoms with Gasteiger partial charge in [-0.2, -0.15) is 0 Å². The maximum atomic E-state index is 10.6. The van der Waals surface area contributed by atoms with Crippen molar-refractivity contribution in [3.63, 3.8) is 0 Å². The molecule has 1 aliphatic heterocycles. The van der Waals surface area contributed by atoms with E-state index in [1.807, 2.05) is 54.6 Å². The average molecular weight is 342 g/mol. The molecule has 0 spiro atoms. The van der Waals surface area contributed by atoms with Gasteiger partial charge in [0.2, 0.25) is 0 Å². The molecule has 1 aliphatic rings. The Hall–Kier alpha value is -2.91. The first-order chi connectivity index (χ1) is 12.8. The molecule has 0 aliphatic carbocycles. The predicted molar refractivity (Wildman–Crippen MR) is 105 cm³/mol. The number of aliphatic hydroxyl groups excluding tert-OH is 1. The molecule has 3 heteroatoms. The molecule has 1 heterocycles. The summed E-state index contributed by atoms with van der Waals surface area (Å²) in [5.74, 6) is 0.851. The highest BCUT2D eigenvalue weighted by atomic mass is 16.3. The van der Waals surface area contributed by atoms with E-state index in [1.54, 1.807) is 0 Å². The van der Waals surface area contributed by atoms with Crippen molar-refractivity contribution in [2.75, 3.05) is 0 Å². The molecule has 1 unspecified atom stereocenters. The van der Waals surface area contributed by atoms with E-state index in [0.717, 1.165) is 11.4 Å². The molecule has 26 heavy (non-hydrogen) atoms. The van der Waals surface area contributed by atoms with Crippen LogP contribution in [-0.4, -0.2) is 10.9 Å². The lowest BCUT2D eigenvalue weighted by Gasteiger charge is -2.20. The van der Waals surface area contributed by atoms with E-state index >= 15 is 0 Å². The van der Waals surface area contributed by atoms with Gasteiger partial charge in [-0.15, -0.1) is 0 Å². The van der Waals surface area contributed by atoms with Crippen LogP contribution in [0.2, 0.25) is 0 Å². The molecule has 3 aromatic rings. The van der Waals surface area contributed by atoms with Gasteiger partial charge in [-0.1, -0.05) is 91.0 Å². The summed E-state index contributed by atoms with van der Waals surface area (Å²) < 4.78 is 0. The third-order valence-corrected chi connectivity index (χ3v) is 4.80. The fourth-order valence-electron chi connectivity index (χ4n) is 3.47. The van der Waals surface area contributed by atoms with Crippen LogP contribution in [0.3, 0.4) is 0 Å². The zero-order chi connectivity index (χ0) is 17.8. The third-order valence-electron chi connectivity index (χ3n) is 4.80. The Balaban J connectivity index is 1.60. The number of amidine groups is 1. The molecule has 0 amide bonds. The number of aliphatic imine (C=N–C) groups is 1. The Morgan fingerprint density at radius 2 is 1.31 bits per heavy atom. The van der Waals surface area contributed by atoms with E-state index in [9.17, 15) is 5.11 Å². The first-order valence-corrected chi connectivity index (χ1v) is 8.97. The van der Waals surface area contributed by atoms with Crippen LogP contribution in [0.1, 0.15) is 41.3 Å². The van der Waals surface area contributed by atoms with Crippen LogP contribution < -0.4 is 5.32 Å². The van der Waals surface area contributed by atoms with Gasteiger partial charge >= 0.3 is 0 Å². The molecule has 3 atom stereocenters. The minimum absolute atomic E-state index is 0.0107. The summed E-state index contributed by atoms with van der Waals surface area (Å²) in [5.41, 5.74) is 3.30. The van der Waals surface area contributed by atoms with E-state index < -0.39 is 6.10 Å². The summed E-state index contributed by atoms with van der Waals surface area (Å²) in [7, 11) is 0. The molecule has 3 nitrogen and oxygen atoms in total. The number of rotatable bonds is 5. The third kappa shape index (κ3) is 3.53. The van der Waals surface area contributed by atoms with E-state index in [0.29, 0.717) is 6.42 Å². The number of hydrogen-bond acceptors (Lipinski definition) is 3. The summed E-state index contributed by atoms with van der Waals surface area (Å²) in [5, 5.41) is 14.1. The second kappa shape index (κ2) is 7.54. The van der Waals surface area contributed by atoms with E-state index in [4.69, 9.17) is 4.99 Å². The summed E-state index contributed by atoms with van der Waals surface area (Å²) in [6, 6.07) is 30.6. The monoisotopic (exact) mass is 342 g/mol. The molecule has 0 saturated carbocycles. The van der Waals surface area contributed by atoms with Crippen molar-refractivity contribution in [1.82, 2.24) is 5.32 Å². The fraction of sp³-hybridized carbons (Fsp3) is 0.174. The van der Waals surface area contributed by atoms with Gasteiger partial charge in [0.05, 0.1) is 12.1 Å². The van der Waals surface area contributed by atoms with Crippen molar-refractivity contribution in [2.45, 2.75) is 24.6 Å². The number of aliphatic hydroxyl groups is 1. The smallest absolute Gasteiger partial charge is 0.101 e. The zero-order valence-corrected chi connectivity index (χ0v) is 14.5. The molecule has 0 bridgehead atoms. The van der Waals surface area contributed by atoms with Crippen LogP contribution in [0, 0.1) is 0 Å². The van der Waals surface area contributed by atoms with Gasteiger partial charge in [0, 0.05) is 6.42 Å². The topological polar surface area (TPSA) is 44.6 Å². The maximum Gasteiger partial charge on any atom is 0.101 e. The Labute approximate surface area is 154 Å². The predicted octanol–water partition coefficient (Wildman–Crippen LogP) is 4.59. The van der Waals surface area contributed by atoms with E-state index in [1.165, 1.54) is 11.1 Å². The SMILES string of the molecule is OC(CC1=N[C@@H](c2ccccc2)[C@@H](c2ccccc2)N1)c1ccccc1. The molecule has 2 N–H and O–H groups in total. The fourth-order valence-corrected chi connectivity index (χ4v) is 3.47. The van der Waals surface area contributed by atoms with Gasteiger partial charge in [0.1, 0.15) is 11.9 Å². The van der Waals surface area contributed by atoms with Crippen molar-refractivity contribution < 1.29 is 5.11 Å². The number of benzene rings is 3. The van der Waals surface area contributed by atoms with Crippen molar-refractivity contribution >= 4 is 5.84 Å². The van der Waals surface area contributed by atoms with Crippen LogP contribution in [0.15, 0.2) is 96.0 Å². The highest BCUT2D eigenvalue weighted by Crippen LogP contribution is 2.37. The Morgan fingerprint density at radius 3 is 1.92 bits per heavy atom. The maximum absolute atomic E-state index is 10.6. The molecule has 0 fully saturated rings. The molecule has 0 aromatic heterocycles. The summed E-state index contributed by atoms with van der Waals surface area (Å²) in [4.78, 5) is 4.93.